The molecule has 3 heterocycles. The number of amides is 1. The van der Waals surface area contributed by atoms with E-state index in [1.54, 1.807) is 12.4 Å². The number of aryl methyl sites for hydroxylation is 3. The summed E-state index contributed by atoms with van der Waals surface area (Å²) < 4.78 is 16.6. The van der Waals surface area contributed by atoms with Crippen LogP contribution in [0.3, 0.4) is 0 Å². The van der Waals surface area contributed by atoms with Gasteiger partial charge in [-0.25, -0.2) is 9.37 Å². The van der Waals surface area contributed by atoms with Gasteiger partial charge in [0.05, 0.1) is 23.1 Å². The molecule has 2 aliphatic rings. The molecule has 2 N–H and O–H groups in total. The van der Waals surface area contributed by atoms with Gasteiger partial charge in [0.2, 0.25) is 0 Å². The molecule has 3 aromatic carbocycles. The Kier molecular flexibility index (Phi) is 5.25. The molecule has 36 heavy (non-hydrogen) atoms. The van der Waals surface area contributed by atoms with E-state index >= 15 is 0 Å². The molecule has 0 radical (unpaired) electrons. The van der Waals surface area contributed by atoms with Gasteiger partial charge in [-0.1, -0.05) is 18.2 Å². The van der Waals surface area contributed by atoms with Gasteiger partial charge in [0.15, 0.2) is 0 Å². The summed E-state index contributed by atoms with van der Waals surface area (Å²) in [5.74, 6) is 0.484. The molecule has 4 aromatic rings. The van der Waals surface area contributed by atoms with E-state index in [1.165, 1.54) is 12.1 Å². The molecule has 1 atom stereocenters. The van der Waals surface area contributed by atoms with E-state index in [1.807, 2.05) is 36.1 Å². The minimum atomic E-state index is -0.776. The number of hydrazone groups is 1. The Labute approximate surface area is 208 Å². The number of aromatic nitrogens is 2. The molecule has 1 aromatic heterocycles. The highest BCUT2D eigenvalue weighted by molar-refractivity contribution is 5.97. The fourth-order valence-electron chi connectivity index (χ4n) is 5.32. The number of hydrogen-bond donors (Lipinski definition) is 2. The molecule has 0 spiro atoms. The van der Waals surface area contributed by atoms with E-state index in [4.69, 9.17) is 4.98 Å². The van der Waals surface area contributed by atoms with Crippen LogP contribution in [-0.4, -0.2) is 28.5 Å². The maximum absolute atomic E-state index is 14.4. The Bertz CT molecular complexity index is 1530. The van der Waals surface area contributed by atoms with Gasteiger partial charge >= 0.3 is 0 Å². The summed E-state index contributed by atoms with van der Waals surface area (Å²) >= 11 is 0. The van der Waals surface area contributed by atoms with Crippen molar-refractivity contribution >= 4 is 29.0 Å². The lowest BCUT2D eigenvalue weighted by Gasteiger charge is -2.39. The van der Waals surface area contributed by atoms with E-state index in [2.05, 4.69) is 45.5 Å². The molecule has 7 nitrogen and oxygen atoms in total. The van der Waals surface area contributed by atoms with Crippen molar-refractivity contribution in [2.45, 2.75) is 38.8 Å². The molecule has 0 saturated heterocycles. The first kappa shape index (κ1) is 22.3. The molecule has 1 unspecified atom stereocenters. The van der Waals surface area contributed by atoms with Gasteiger partial charge in [-0.15, -0.1) is 0 Å². The second-order valence-corrected chi connectivity index (χ2v) is 9.68. The van der Waals surface area contributed by atoms with Crippen LogP contribution in [0.15, 0.2) is 65.8 Å². The third-order valence-electron chi connectivity index (χ3n) is 7.23. The smallest absolute Gasteiger partial charge is 0.252 e. The predicted octanol–water partition coefficient (Wildman–Crippen LogP) is 4.37. The third-order valence-corrected chi connectivity index (χ3v) is 7.23. The van der Waals surface area contributed by atoms with Gasteiger partial charge in [-0.3, -0.25) is 10.2 Å². The Morgan fingerprint density at radius 1 is 1.11 bits per heavy atom. The average Bonchev–Trinajstić information content (AvgIpc) is 3.51. The Hall–Kier alpha value is -4.20. The van der Waals surface area contributed by atoms with Gasteiger partial charge in [-0.05, 0) is 79.4 Å². The Balaban J connectivity index is 1.38. The number of imidazole rings is 1. The zero-order valence-corrected chi connectivity index (χ0v) is 20.3. The summed E-state index contributed by atoms with van der Waals surface area (Å²) in [6.45, 7) is 5.05. The van der Waals surface area contributed by atoms with Gasteiger partial charge in [0.25, 0.3) is 5.91 Å². The van der Waals surface area contributed by atoms with Gasteiger partial charge in [0.1, 0.15) is 24.6 Å². The number of benzene rings is 3. The Morgan fingerprint density at radius 3 is 2.78 bits per heavy atom. The van der Waals surface area contributed by atoms with Crippen LogP contribution in [-0.2, 0) is 18.5 Å². The Morgan fingerprint density at radius 2 is 2.00 bits per heavy atom. The second-order valence-electron chi connectivity index (χ2n) is 9.68. The zero-order chi connectivity index (χ0) is 24.9. The van der Waals surface area contributed by atoms with Crippen molar-refractivity contribution in [2.75, 3.05) is 11.6 Å². The number of anilines is 1. The fraction of sp³-hybridized carbons (Fsp3) is 0.250. The highest BCUT2D eigenvalue weighted by atomic mass is 19.1. The van der Waals surface area contributed by atoms with Gasteiger partial charge in [-0.2, -0.15) is 5.10 Å². The monoisotopic (exact) mass is 482 g/mol. The van der Waals surface area contributed by atoms with E-state index in [9.17, 15) is 9.18 Å². The number of carbonyl (C=O) groups is 1. The molecular formula is C28H27FN6O. The van der Waals surface area contributed by atoms with Crippen LogP contribution in [0.25, 0.3) is 11.0 Å². The molecule has 0 aliphatic carbocycles. The molecule has 0 saturated carbocycles. The number of nitrogens with zero attached hydrogens (tertiary/aromatic N) is 4. The van der Waals surface area contributed by atoms with Crippen molar-refractivity contribution in [1.82, 2.24) is 20.3 Å². The van der Waals surface area contributed by atoms with Crippen LogP contribution in [0.5, 0.6) is 0 Å². The quantitative estimate of drug-likeness (QED) is 0.453. The predicted molar refractivity (Wildman–Crippen MR) is 138 cm³/mol. The van der Waals surface area contributed by atoms with Crippen molar-refractivity contribution in [3.63, 3.8) is 0 Å². The SMILES string of the molecule is Cc1ccc2c(c1)nc1n2CC(NC(=O)c2ccc(N3C=NNC3)cc2C)(c2cccc(F)c2)CC1. The van der Waals surface area contributed by atoms with E-state index in [0.717, 1.165) is 39.2 Å². The van der Waals surface area contributed by atoms with Crippen molar-refractivity contribution in [3.8, 4) is 0 Å². The fourth-order valence-corrected chi connectivity index (χ4v) is 5.32. The summed E-state index contributed by atoms with van der Waals surface area (Å²) in [6, 6.07) is 18.5. The van der Waals surface area contributed by atoms with E-state index in [0.29, 0.717) is 31.6 Å². The number of hydrogen-bond acceptors (Lipinski definition) is 5. The molecule has 6 rings (SSSR count). The number of nitrogens with one attached hydrogen (secondary N) is 2. The molecule has 0 bridgehead atoms. The first-order valence-electron chi connectivity index (χ1n) is 12.1. The summed E-state index contributed by atoms with van der Waals surface area (Å²) in [4.78, 5) is 20.5. The largest absolute Gasteiger partial charge is 0.341 e. The molecule has 8 heteroatoms. The van der Waals surface area contributed by atoms with Gasteiger partial charge in [0, 0.05) is 17.7 Å². The highest BCUT2D eigenvalue weighted by Gasteiger charge is 2.39. The standard InChI is InChI=1S/C28H27FN6O/c1-18-6-9-25-24(12-18)32-26-10-11-28(15-35(25)26,20-4-3-5-21(29)14-20)33-27(36)23-8-7-22(13-19(23)2)34-16-30-31-17-34/h3-9,12-14,16,31H,10-11,15,17H2,1-2H3,(H,33,36). The number of rotatable bonds is 4. The van der Waals surface area contributed by atoms with Crippen LogP contribution in [0.4, 0.5) is 10.1 Å². The summed E-state index contributed by atoms with van der Waals surface area (Å²) in [5, 5.41) is 7.35. The number of carbonyl (C=O) groups excluding carboxylic acids is 1. The van der Waals surface area contributed by atoms with Crippen molar-refractivity contribution in [2.24, 2.45) is 5.10 Å². The van der Waals surface area contributed by atoms with Crippen LogP contribution >= 0.6 is 0 Å². The molecular weight excluding hydrogens is 455 g/mol. The molecule has 0 fully saturated rings. The number of fused-ring (bicyclic) bond motifs is 3. The zero-order valence-electron chi connectivity index (χ0n) is 20.3. The van der Waals surface area contributed by atoms with E-state index < -0.39 is 5.54 Å². The highest BCUT2D eigenvalue weighted by Crippen LogP contribution is 2.36. The topological polar surface area (TPSA) is 74.5 Å². The van der Waals surface area contributed by atoms with Crippen molar-refractivity contribution < 1.29 is 9.18 Å². The lowest BCUT2D eigenvalue weighted by Crippen LogP contribution is -2.51. The third kappa shape index (κ3) is 3.79. The maximum Gasteiger partial charge on any atom is 0.252 e. The average molecular weight is 483 g/mol. The lowest BCUT2D eigenvalue weighted by molar-refractivity contribution is 0.0866. The first-order chi connectivity index (χ1) is 17.4. The number of halogens is 1. The van der Waals surface area contributed by atoms with Crippen LogP contribution < -0.4 is 15.6 Å². The van der Waals surface area contributed by atoms with Crippen molar-refractivity contribution in [3.05, 3.63) is 94.6 Å². The minimum absolute atomic E-state index is 0.180. The maximum atomic E-state index is 14.4. The summed E-state index contributed by atoms with van der Waals surface area (Å²) in [7, 11) is 0. The minimum Gasteiger partial charge on any atom is -0.341 e. The van der Waals surface area contributed by atoms with Crippen LogP contribution in [0.1, 0.15) is 39.3 Å². The summed E-state index contributed by atoms with van der Waals surface area (Å²) in [5.41, 5.74) is 8.41. The lowest BCUT2D eigenvalue weighted by atomic mass is 9.82. The molecule has 2 aliphatic heterocycles. The van der Waals surface area contributed by atoms with E-state index in [-0.39, 0.29) is 11.7 Å². The molecule has 1 amide bonds. The summed E-state index contributed by atoms with van der Waals surface area (Å²) in [6.07, 6.45) is 3.02. The second kappa shape index (κ2) is 8.48. The van der Waals surface area contributed by atoms with Crippen molar-refractivity contribution in [1.29, 1.82) is 0 Å². The van der Waals surface area contributed by atoms with Crippen LogP contribution in [0.2, 0.25) is 0 Å². The normalized spacial score (nSPS) is 18.8. The first-order valence-corrected chi connectivity index (χ1v) is 12.1. The van der Waals surface area contributed by atoms with Crippen LogP contribution in [0, 0.1) is 19.7 Å². The molecule has 182 valence electrons. The van der Waals surface area contributed by atoms with Gasteiger partial charge < -0.3 is 14.8 Å².